The molecule has 1 saturated carbocycles. The predicted octanol–water partition coefficient (Wildman–Crippen LogP) is 5.77. The molecule has 1 fully saturated rings. The first kappa shape index (κ1) is 20.7. The number of thiophene rings is 1. The van der Waals surface area contributed by atoms with Crippen molar-refractivity contribution in [1.82, 2.24) is 15.1 Å². The van der Waals surface area contributed by atoms with Gasteiger partial charge in [0, 0.05) is 29.5 Å². The normalized spacial score (nSPS) is 19.0. The lowest BCUT2D eigenvalue weighted by Crippen LogP contribution is -2.34. The number of nitrogens with zero attached hydrogens (tertiary/aromatic N) is 2. The van der Waals surface area contributed by atoms with Crippen LogP contribution in [0.3, 0.4) is 0 Å². The molecule has 0 spiro atoms. The van der Waals surface area contributed by atoms with E-state index in [0.29, 0.717) is 11.7 Å². The second-order valence-corrected chi connectivity index (χ2v) is 11.9. The number of Topliss-reactive ketones (excluding diaryl/α,β-unsaturated/α-hetero) is 1. The van der Waals surface area contributed by atoms with Gasteiger partial charge in [-0.3, -0.25) is 4.79 Å². The highest BCUT2D eigenvalue weighted by Crippen LogP contribution is 2.50. The lowest BCUT2D eigenvalue weighted by Gasteiger charge is -2.29. The van der Waals surface area contributed by atoms with Crippen molar-refractivity contribution in [3.63, 3.8) is 0 Å². The summed E-state index contributed by atoms with van der Waals surface area (Å²) in [6.45, 7) is 8.18. The maximum atomic E-state index is 13.1. The zero-order valence-electron chi connectivity index (χ0n) is 17.6. The molecule has 2 aromatic heterocycles. The Morgan fingerprint density at radius 1 is 1.31 bits per heavy atom. The summed E-state index contributed by atoms with van der Waals surface area (Å²) in [6.07, 6.45) is 8.21. The summed E-state index contributed by atoms with van der Waals surface area (Å²) in [5, 5.41) is 8.03. The molecule has 0 radical (unpaired) electrons. The van der Waals surface area contributed by atoms with Crippen molar-refractivity contribution in [2.45, 2.75) is 81.7 Å². The smallest absolute Gasteiger partial charge is 0.334 e. The summed E-state index contributed by atoms with van der Waals surface area (Å²) in [5.74, 6) is 0.260. The van der Waals surface area contributed by atoms with E-state index < -0.39 is 0 Å². The number of nitrogens with one attached hydrogen (secondary N) is 1. The van der Waals surface area contributed by atoms with Crippen LogP contribution < -0.4 is 5.32 Å². The van der Waals surface area contributed by atoms with Crippen molar-refractivity contribution >= 4 is 34.9 Å². The Morgan fingerprint density at radius 2 is 2.03 bits per heavy atom. The molecule has 0 saturated heterocycles. The maximum Gasteiger partial charge on any atom is 0.342 e. The standard InChI is InChI=1S/C22H29N3O2S2/c1-13(2)23-21(27)25-10-9-16(24-25)19-15-11-22(3,4)12-17(26)18(15)20(29-19)28-14-7-5-6-8-14/h9-10,13-14H,5-8,11-12H2,1-4H3,(H,23,27). The molecule has 2 aliphatic carbocycles. The molecule has 5 nitrogen and oxygen atoms in total. The summed E-state index contributed by atoms with van der Waals surface area (Å²) >= 11 is 3.58. The lowest BCUT2D eigenvalue weighted by molar-refractivity contribution is 0.0910. The Labute approximate surface area is 180 Å². The number of fused-ring (bicyclic) bond motifs is 1. The second kappa shape index (κ2) is 7.91. The minimum atomic E-state index is -0.228. The molecule has 0 aliphatic heterocycles. The van der Waals surface area contributed by atoms with Gasteiger partial charge in [-0.25, -0.2) is 4.79 Å². The van der Waals surface area contributed by atoms with Crippen LogP contribution in [0.15, 0.2) is 16.5 Å². The Kier molecular flexibility index (Phi) is 5.64. The highest BCUT2D eigenvalue weighted by Gasteiger charge is 2.37. The van der Waals surface area contributed by atoms with E-state index in [1.807, 2.05) is 31.7 Å². The second-order valence-electron chi connectivity index (χ2n) is 9.29. The fourth-order valence-corrected chi connectivity index (χ4v) is 7.39. The maximum absolute atomic E-state index is 13.1. The fourth-order valence-electron chi connectivity index (χ4n) is 4.28. The van der Waals surface area contributed by atoms with Gasteiger partial charge in [0.15, 0.2) is 5.78 Å². The van der Waals surface area contributed by atoms with Crippen molar-refractivity contribution in [1.29, 1.82) is 0 Å². The number of carbonyl (C=O) groups excluding carboxylic acids is 2. The Balaban J connectivity index is 1.72. The van der Waals surface area contributed by atoms with Gasteiger partial charge >= 0.3 is 6.03 Å². The molecule has 2 aliphatic rings. The van der Waals surface area contributed by atoms with E-state index in [0.717, 1.165) is 32.3 Å². The van der Waals surface area contributed by atoms with Crippen LogP contribution >= 0.6 is 23.1 Å². The number of hydrogen-bond acceptors (Lipinski definition) is 5. The topological polar surface area (TPSA) is 64.0 Å². The minimum absolute atomic E-state index is 0.0488. The van der Waals surface area contributed by atoms with Gasteiger partial charge in [0.05, 0.1) is 9.09 Å². The molecular weight excluding hydrogens is 402 g/mol. The zero-order chi connectivity index (χ0) is 20.8. The van der Waals surface area contributed by atoms with Crippen LogP contribution in [-0.4, -0.2) is 32.9 Å². The molecule has 0 atom stereocenters. The summed E-state index contributed by atoms with van der Waals surface area (Å²) in [4.78, 5) is 26.4. The SMILES string of the molecule is CC(C)NC(=O)n1ccc(-c2sc(SC3CCCC3)c3c2CC(C)(C)CC3=O)n1. The van der Waals surface area contributed by atoms with Gasteiger partial charge in [0.1, 0.15) is 5.69 Å². The van der Waals surface area contributed by atoms with Gasteiger partial charge < -0.3 is 5.32 Å². The number of thioether (sulfide) groups is 1. The molecule has 0 bridgehead atoms. The van der Waals surface area contributed by atoms with E-state index in [2.05, 4.69) is 24.3 Å². The van der Waals surface area contributed by atoms with Gasteiger partial charge in [-0.15, -0.1) is 23.1 Å². The molecule has 7 heteroatoms. The molecule has 1 amide bonds. The molecule has 4 rings (SSSR count). The molecule has 1 N–H and O–H groups in total. The third kappa shape index (κ3) is 4.31. The summed E-state index contributed by atoms with van der Waals surface area (Å²) in [7, 11) is 0. The van der Waals surface area contributed by atoms with E-state index in [1.54, 1.807) is 17.5 Å². The van der Waals surface area contributed by atoms with Crippen LogP contribution in [0.4, 0.5) is 4.79 Å². The molecule has 29 heavy (non-hydrogen) atoms. The van der Waals surface area contributed by atoms with E-state index in [4.69, 9.17) is 0 Å². The molecule has 0 unspecified atom stereocenters. The molecular formula is C22H29N3O2S2. The van der Waals surface area contributed by atoms with Crippen LogP contribution in [0.25, 0.3) is 10.6 Å². The van der Waals surface area contributed by atoms with E-state index in [-0.39, 0.29) is 23.3 Å². The average Bonchev–Trinajstić information content (AvgIpc) is 3.33. The van der Waals surface area contributed by atoms with Crippen LogP contribution in [0.2, 0.25) is 0 Å². The monoisotopic (exact) mass is 431 g/mol. The van der Waals surface area contributed by atoms with E-state index in [9.17, 15) is 9.59 Å². The highest BCUT2D eigenvalue weighted by molar-refractivity contribution is 8.01. The zero-order valence-corrected chi connectivity index (χ0v) is 19.2. The summed E-state index contributed by atoms with van der Waals surface area (Å²) < 4.78 is 2.52. The first-order chi connectivity index (χ1) is 13.7. The quantitative estimate of drug-likeness (QED) is 0.668. The largest absolute Gasteiger partial charge is 0.342 e. The average molecular weight is 432 g/mol. The van der Waals surface area contributed by atoms with Crippen LogP contribution in [-0.2, 0) is 6.42 Å². The number of amides is 1. The summed E-state index contributed by atoms with van der Waals surface area (Å²) in [6, 6.07) is 1.72. The Morgan fingerprint density at radius 3 is 2.72 bits per heavy atom. The van der Waals surface area contributed by atoms with Gasteiger partial charge in [-0.2, -0.15) is 9.78 Å². The number of ketones is 1. The highest BCUT2D eigenvalue weighted by atomic mass is 32.2. The van der Waals surface area contributed by atoms with Gasteiger partial charge in [0.25, 0.3) is 0 Å². The molecule has 2 aromatic rings. The van der Waals surface area contributed by atoms with Crippen LogP contribution in [0.1, 0.15) is 75.7 Å². The third-order valence-corrected chi connectivity index (χ3v) is 8.38. The molecule has 156 valence electrons. The first-order valence-corrected chi connectivity index (χ1v) is 12.2. The summed E-state index contributed by atoms with van der Waals surface area (Å²) in [5.41, 5.74) is 2.80. The molecule has 0 aromatic carbocycles. The van der Waals surface area contributed by atoms with Gasteiger partial charge in [0.2, 0.25) is 0 Å². The van der Waals surface area contributed by atoms with Crippen LogP contribution in [0, 0.1) is 5.41 Å². The van der Waals surface area contributed by atoms with Crippen LogP contribution in [0.5, 0.6) is 0 Å². The van der Waals surface area contributed by atoms with E-state index in [1.165, 1.54) is 30.4 Å². The van der Waals surface area contributed by atoms with Gasteiger partial charge in [-0.05, 0) is 50.2 Å². The number of aromatic nitrogens is 2. The minimum Gasteiger partial charge on any atom is -0.334 e. The Hall–Kier alpha value is -1.60. The number of carbonyl (C=O) groups is 2. The lowest BCUT2D eigenvalue weighted by atomic mass is 9.74. The van der Waals surface area contributed by atoms with E-state index >= 15 is 0 Å². The van der Waals surface area contributed by atoms with Crippen molar-refractivity contribution < 1.29 is 9.59 Å². The van der Waals surface area contributed by atoms with Crippen molar-refractivity contribution in [3.8, 4) is 10.6 Å². The Bertz CT molecular complexity index is 936. The predicted molar refractivity (Wildman–Crippen MR) is 119 cm³/mol. The number of hydrogen-bond donors (Lipinski definition) is 1. The van der Waals surface area contributed by atoms with Crippen molar-refractivity contribution in [2.24, 2.45) is 5.41 Å². The first-order valence-electron chi connectivity index (χ1n) is 10.5. The third-order valence-electron chi connectivity index (χ3n) is 5.57. The number of rotatable bonds is 4. The fraction of sp³-hybridized carbons (Fsp3) is 0.591. The van der Waals surface area contributed by atoms with Crippen molar-refractivity contribution in [2.75, 3.05) is 0 Å². The van der Waals surface area contributed by atoms with Gasteiger partial charge in [-0.1, -0.05) is 26.7 Å². The molecule has 2 heterocycles. The van der Waals surface area contributed by atoms with Crippen molar-refractivity contribution in [3.05, 3.63) is 23.4 Å².